The van der Waals surface area contributed by atoms with Crippen molar-refractivity contribution >= 4 is 29.2 Å². The van der Waals surface area contributed by atoms with Crippen molar-refractivity contribution in [2.24, 2.45) is 0 Å². The average Bonchev–Trinajstić information content (AvgIpc) is 2.41. The third kappa shape index (κ3) is 3.11. The van der Waals surface area contributed by atoms with Crippen LogP contribution >= 0.6 is 11.6 Å². The van der Waals surface area contributed by atoms with Crippen molar-refractivity contribution in [1.82, 2.24) is 0 Å². The molecule has 0 aliphatic heterocycles. The fourth-order valence-electron chi connectivity index (χ4n) is 1.59. The number of benzene rings is 2. The number of halogens is 1. The number of anilines is 1. The highest BCUT2D eigenvalue weighted by Gasteiger charge is 2.11. The molecule has 0 aliphatic carbocycles. The first-order chi connectivity index (χ1) is 9.08. The second kappa shape index (κ2) is 5.54. The minimum absolute atomic E-state index is 0.0532. The SMILES string of the molecule is O=C([O-])c1ccccc1C(=O)Nc1ccc(Cl)cc1. The van der Waals surface area contributed by atoms with Crippen LogP contribution < -0.4 is 10.4 Å². The van der Waals surface area contributed by atoms with Gasteiger partial charge in [0.15, 0.2) is 0 Å². The Labute approximate surface area is 114 Å². The molecule has 0 unspecified atom stereocenters. The summed E-state index contributed by atoms with van der Waals surface area (Å²) in [7, 11) is 0. The largest absolute Gasteiger partial charge is 0.545 e. The Hall–Kier alpha value is -2.33. The minimum atomic E-state index is -1.39. The second-order valence-electron chi connectivity index (χ2n) is 3.79. The van der Waals surface area contributed by atoms with Crippen LogP contribution in [-0.4, -0.2) is 11.9 Å². The lowest BCUT2D eigenvalue weighted by Crippen LogP contribution is -2.26. The number of carboxylic acid groups (broad SMARTS) is 1. The monoisotopic (exact) mass is 274 g/mol. The van der Waals surface area contributed by atoms with E-state index in [4.69, 9.17) is 11.6 Å². The maximum atomic E-state index is 12.0. The van der Waals surface area contributed by atoms with Gasteiger partial charge in [-0.15, -0.1) is 0 Å². The molecule has 4 nitrogen and oxygen atoms in total. The summed E-state index contributed by atoms with van der Waals surface area (Å²) in [5.41, 5.74) is 0.439. The molecule has 0 fully saturated rings. The number of rotatable bonds is 3. The highest BCUT2D eigenvalue weighted by Crippen LogP contribution is 2.15. The lowest BCUT2D eigenvalue weighted by atomic mass is 10.1. The molecule has 19 heavy (non-hydrogen) atoms. The van der Waals surface area contributed by atoms with Crippen LogP contribution in [0.5, 0.6) is 0 Å². The maximum absolute atomic E-state index is 12.0. The molecule has 0 radical (unpaired) electrons. The van der Waals surface area contributed by atoms with Crippen molar-refractivity contribution < 1.29 is 14.7 Å². The lowest BCUT2D eigenvalue weighted by molar-refractivity contribution is -0.255. The van der Waals surface area contributed by atoms with Gasteiger partial charge in [0.2, 0.25) is 0 Å². The number of carbonyl (C=O) groups excluding carboxylic acids is 2. The molecule has 0 atom stereocenters. The number of nitrogens with one attached hydrogen (secondary N) is 1. The molecular weight excluding hydrogens is 266 g/mol. The summed E-state index contributed by atoms with van der Waals surface area (Å²) < 4.78 is 0. The van der Waals surface area contributed by atoms with Crippen LogP contribution in [0.1, 0.15) is 20.7 Å². The zero-order valence-electron chi connectivity index (χ0n) is 9.72. The molecule has 0 spiro atoms. The van der Waals surface area contributed by atoms with Gasteiger partial charge in [0.25, 0.3) is 5.91 Å². The second-order valence-corrected chi connectivity index (χ2v) is 4.23. The van der Waals surface area contributed by atoms with Crippen LogP contribution in [0.2, 0.25) is 5.02 Å². The summed E-state index contributed by atoms with van der Waals surface area (Å²) in [5, 5.41) is 14.1. The van der Waals surface area contributed by atoms with Gasteiger partial charge in [-0.25, -0.2) is 0 Å². The van der Waals surface area contributed by atoms with Gasteiger partial charge in [-0.2, -0.15) is 0 Å². The molecule has 2 aromatic rings. The summed E-state index contributed by atoms with van der Waals surface area (Å²) in [5.74, 6) is -1.90. The van der Waals surface area contributed by atoms with Crippen LogP contribution in [0.25, 0.3) is 0 Å². The van der Waals surface area contributed by atoms with Crippen LogP contribution in [-0.2, 0) is 0 Å². The Morgan fingerprint density at radius 1 is 0.947 bits per heavy atom. The van der Waals surface area contributed by atoms with Crippen LogP contribution in [0.4, 0.5) is 5.69 Å². The number of carbonyl (C=O) groups is 2. The molecule has 1 amide bonds. The third-order valence-electron chi connectivity index (χ3n) is 2.49. The van der Waals surface area contributed by atoms with Crippen molar-refractivity contribution in [3.63, 3.8) is 0 Å². The van der Waals surface area contributed by atoms with E-state index in [9.17, 15) is 14.7 Å². The smallest absolute Gasteiger partial charge is 0.256 e. The zero-order valence-corrected chi connectivity index (χ0v) is 10.5. The van der Waals surface area contributed by atoms with Gasteiger partial charge in [0.1, 0.15) is 0 Å². The highest BCUT2D eigenvalue weighted by atomic mass is 35.5. The Bertz CT molecular complexity index is 623. The molecule has 0 bridgehead atoms. The summed E-state index contributed by atoms with van der Waals surface area (Å²) in [6.45, 7) is 0. The van der Waals surface area contributed by atoms with E-state index in [0.717, 1.165) is 0 Å². The Kier molecular flexibility index (Phi) is 3.82. The van der Waals surface area contributed by atoms with Crippen molar-refractivity contribution in [3.05, 3.63) is 64.7 Å². The van der Waals surface area contributed by atoms with E-state index in [-0.39, 0.29) is 11.1 Å². The summed E-state index contributed by atoms with van der Waals surface area (Å²) in [4.78, 5) is 22.9. The van der Waals surface area contributed by atoms with Gasteiger partial charge in [-0.3, -0.25) is 4.79 Å². The fraction of sp³-hybridized carbons (Fsp3) is 0. The van der Waals surface area contributed by atoms with Gasteiger partial charge in [0.05, 0.1) is 5.97 Å². The molecule has 2 rings (SSSR count). The summed E-state index contributed by atoms with van der Waals surface area (Å²) in [6, 6.07) is 12.4. The zero-order chi connectivity index (χ0) is 13.8. The normalized spacial score (nSPS) is 9.95. The van der Waals surface area contributed by atoms with E-state index in [1.54, 1.807) is 30.3 Å². The molecule has 96 valence electrons. The summed E-state index contributed by atoms with van der Waals surface area (Å²) >= 11 is 5.73. The van der Waals surface area contributed by atoms with E-state index in [1.807, 2.05) is 0 Å². The highest BCUT2D eigenvalue weighted by molar-refractivity contribution is 6.30. The molecule has 1 N–H and O–H groups in total. The first-order valence-electron chi connectivity index (χ1n) is 5.45. The van der Waals surface area contributed by atoms with Crippen molar-refractivity contribution in [2.45, 2.75) is 0 Å². The Morgan fingerprint density at radius 2 is 1.53 bits per heavy atom. The molecule has 0 aliphatic rings. The number of aromatic carboxylic acids is 1. The van der Waals surface area contributed by atoms with Gasteiger partial charge < -0.3 is 15.2 Å². The molecule has 0 saturated carbocycles. The topological polar surface area (TPSA) is 69.2 Å². The molecule has 0 saturated heterocycles. The van der Waals surface area contributed by atoms with Gasteiger partial charge in [-0.1, -0.05) is 29.8 Å². The maximum Gasteiger partial charge on any atom is 0.256 e. The summed E-state index contributed by atoms with van der Waals surface area (Å²) in [6.07, 6.45) is 0. The first-order valence-corrected chi connectivity index (χ1v) is 5.83. The van der Waals surface area contributed by atoms with E-state index in [2.05, 4.69) is 5.32 Å². The number of carboxylic acids is 1. The van der Waals surface area contributed by atoms with Crippen molar-refractivity contribution in [1.29, 1.82) is 0 Å². The molecular formula is C14H9ClNO3-. The van der Waals surface area contributed by atoms with Gasteiger partial charge in [0, 0.05) is 21.8 Å². The minimum Gasteiger partial charge on any atom is -0.545 e. The Morgan fingerprint density at radius 3 is 2.11 bits per heavy atom. The van der Waals surface area contributed by atoms with E-state index >= 15 is 0 Å². The standard InChI is InChI=1S/C14H10ClNO3/c15-9-5-7-10(8-6-9)16-13(17)11-3-1-2-4-12(11)14(18)19/h1-8H,(H,16,17)(H,18,19)/p-1. The Balaban J connectivity index is 2.25. The lowest BCUT2D eigenvalue weighted by Gasteiger charge is -2.10. The molecule has 5 heteroatoms. The predicted molar refractivity (Wildman–Crippen MR) is 70.2 cm³/mol. The van der Waals surface area contributed by atoms with Crippen LogP contribution in [0.15, 0.2) is 48.5 Å². The van der Waals surface area contributed by atoms with Gasteiger partial charge in [-0.05, 0) is 30.3 Å². The predicted octanol–water partition coefficient (Wildman–Crippen LogP) is 1.96. The van der Waals surface area contributed by atoms with Gasteiger partial charge >= 0.3 is 0 Å². The number of amides is 1. The number of hydrogen-bond donors (Lipinski definition) is 1. The van der Waals surface area contributed by atoms with E-state index in [0.29, 0.717) is 10.7 Å². The molecule has 0 heterocycles. The molecule has 2 aromatic carbocycles. The average molecular weight is 275 g/mol. The number of hydrogen-bond acceptors (Lipinski definition) is 3. The van der Waals surface area contributed by atoms with Crippen molar-refractivity contribution in [3.8, 4) is 0 Å². The third-order valence-corrected chi connectivity index (χ3v) is 2.75. The van der Waals surface area contributed by atoms with Crippen LogP contribution in [0, 0.1) is 0 Å². The van der Waals surface area contributed by atoms with E-state index in [1.165, 1.54) is 18.2 Å². The first kappa shape index (κ1) is 13.1. The van der Waals surface area contributed by atoms with E-state index < -0.39 is 11.9 Å². The molecule has 0 aromatic heterocycles. The fourth-order valence-corrected chi connectivity index (χ4v) is 1.72. The van der Waals surface area contributed by atoms with Crippen molar-refractivity contribution in [2.75, 3.05) is 5.32 Å². The van der Waals surface area contributed by atoms with Crippen LogP contribution in [0.3, 0.4) is 0 Å². The quantitative estimate of drug-likeness (QED) is 0.930.